The Labute approximate surface area is 133 Å². The van der Waals surface area contributed by atoms with E-state index in [4.69, 9.17) is 9.47 Å². The second-order valence-electron chi connectivity index (χ2n) is 4.80. The summed E-state index contributed by atoms with van der Waals surface area (Å²) in [7, 11) is 0. The van der Waals surface area contributed by atoms with Crippen molar-refractivity contribution in [2.24, 2.45) is 5.10 Å². The minimum absolute atomic E-state index is 0.149. The monoisotopic (exact) mass is 340 g/mol. The number of rotatable bonds is 4. The number of nitrogens with zero attached hydrogens (tertiary/aromatic N) is 3. The number of ether oxygens (including phenoxy) is 2. The average molecular weight is 340 g/mol. The summed E-state index contributed by atoms with van der Waals surface area (Å²) in [6.45, 7) is -0.231. The second kappa shape index (κ2) is 6.22. The first-order valence-electron chi connectivity index (χ1n) is 6.74. The van der Waals surface area contributed by atoms with E-state index in [1.165, 1.54) is 6.21 Å². The molecule has 0 spiro atoms. The van der Waals surface area contributed by atoms with Gasteiger partial charge >= 0.3 is 6.18 Å². The molecule has 0 bridgehead atoms. The lowest BCUT2D eigenvalue weighted by Crippen LogP contribution is -2.23. The van der Waals surface area contributed by atoms with Crippen LogP contribution in [0.3, 0.4) is 0 Å². The highest BCUT2D eigenvalue weighted by Gasteiger charge is 2.33. The van der Waals surface area contributed by atoms with E-state index in [-0.39, 0.29) is 13.3 Å². The molecule has 1 N–H and O–H groups in total. The number of hydrazone groups is 1. The first-order chi connectivity index (χ1) is 11.4. The number of hydrogen-bond donors (Lipinski definition) is 1. The predicted molar refractivity (Wildman–Crippen MR) is 75.5 cm³/mol. The van der Waals surface area contributed by atoms with Crippen molar-refractivity contribution in [2.45, 2.75) is 12.7 Å². The Balaban J connectivity index is 1.54. The van der Waals surface area contributed by atoms with Gasteiger partial charge < -0.3 is 9.47 Å². The molecule has 1 aromatic carbocycles. The van der Waals surface area contributed by atoms with Crippen molar-refractivity contribution in [1.29, 1.82) is 0 Å². The zero-order chi connectivity index (χ0) is 17.2. The van der Waals surface area contributed by atoms with E-state index in [2.05, 4.69) is 15.6 Å². The van der Waals surface area contributed by atoms with Crippen LogP contribution in [-0.2, 0) is 17.5 Å². The highest BCUT2D eigenvalue weighted by atomic mass is 19.4. The van der Waals surface area contributed by atoms with Gasteiger partial charge in [-0.25, -0.2) is 5.43 Å². The summed E-state index contributed by atoms with van der Waals surface area (Å²) in [6.07, 6.45) is -2.09. The number of amides is 1. The lowest BCUT2D eigenvalue weighted by atomic mass is 10.2. The van der Waals surface area contributed by atoms with Crippen molar-refractivity contribution in [3.8, 4) is 11.5 Å². The maximum Gasteiger partial charge on any atom is 0.435 e. The largest absolute Gasteiger partial charge is 0.454 e. The highest BCUT2D eigenvalue weighted by Crippen LogP contribution is 2.32. The fraction of sp³-hybridized carbons (Fsp3) is 0.214. The van der Waals surface area contributed by atoms with E-state index in [9.17, 15) is 18.0 Å². The van der Waals surface area contributed by atoms with Crippen molar-refractivity contribution in [2.75, 3.05) is 6.79 Å². The third-order valence-electron chi connectivity index (χ3n) is 3.04. The Hall–Kier alpha value is -3.04. The zero-order valence-corrected chi connectivity index (χ0v) is 12.1. The van der Waals surface area contributed by atoms with Crippen LogP contribution >= 0.6 is 0 Å². The maximum absolute atomic E-state index is 12.4. The van der Waals surface area contributed by atoms with E-state index >= 15 is 0 Å². The lowest BCUT2D eigenvalue weighted by Gasteiger charge is -2.02. The van der Waals surface area contributed by atoms with E-state index in [1.807, 2.05) is 0 Å². The third-order valence-corrected chi connectivity index (χ3v) is 3.04. The zero-order valence-electron chi connectivity index (χ0n) is 12.1. The van der Waals surface area contributed by atoms with Crippen LogP contribution < -0.4 is 14.9 Å². The molecule has 0 radical (unpaired) electrons. The summed E-state index contributed by atoms with van der Waals surface area (Å²) < 4.78 is 48.5. The topological polar surface area (TPSA) is 77.7 Å². The molecule has 2 aromatic rings. The minimum Gasteiger partial charge on any atom is -0.454 e. The van der Waals surface area contributed by atoms with Gasteiger partial charge in [0.2, 0.25) is 6.79 Å². The number of carbonyl (C=O) groups is 1. The van der Waals surface area contributed by atoms with E-state index in [0.29, 0.717) is 17.1 Å². The SMILES string of the molecule is O=C(Cn1ccc(C(F)(F)F)n1)N/N=C\c1ccc2c(c1)OCO2. The molecule has 2 heterocycles. The normalized spacial score (nSPS) is 13.5. The average Bonchev–Trinajstić information content (AvgIpc) is 3.15. The number of hydrogen-bond acceptors (Lipinski definition) is 5. The van der Waals surface area contributed by atoms with Gasteiger partial charge in [-0.05, 0) is 29.8 Å². The molecule has 1 amide bonds. The summed E-state index contributed by atoms with van der Waals surface area (Å²) in [5.41, 5.74) is 1.82. The van der Waals surface area contributed by atoms with Crippen LogP contribution in [0.2, 0.25) is 0 Å². The van der Waals surface area contributed by atoms with Crippen LogP contribution in [0.15, 0.2) is 35.6 Å². The predicted octanol–water partition coefficient (Wildman–Crippen LogP) is 1.78. The molecule has 10 heteroatoms. The summed E-state index contributed by atoms with van der Waals surface area (Å²) in [4.78, 5) is 11.6. The van der Waals surface area contributed by atoms with Gasteiger partial charge in [0.1, 0.15) is 6.54 Å². The van der Waals surface area contributed by atoms with Gasteiger partial charge in [-0.3, -0.25) is 9.48 Å². The maximum atomic E-state index is 12.4. The highest BCUT2D eigenvalue weighted by molar-refractivity contribution is 5.83. The molecule has 1 aliphatic rings. The smallest absolute Gasteiger partial charge is 0.435 e. The number of alkyl halides is 3. The Morgan fingerprint density at radius 2 is 2.12 bits per heavy atom. The van der Waals surface area contributed by atoms with Gasteiger partial charge in [0.05, 0.1) is 6.21 Å². The molecule has 3 rings (SSSR count). The first-order valence-corrected chi connectivity index (χ1v) is 6.74. The lowest BCUT2D eigenvalue weighted by molar-refractivity contribution is -0.141. The van der Waals surface area contributed by atoms with Gasteiger partial charge in [0.25, 0.3) is 5.91 Å². The van der Waals surface area contributed by atoms with E-state index in [0.717, 1.165) is 16.9 Å². The quantitative estimate of drug-likeness (QED) is 0.680. The van der Waals surface area contributed by atoms with Gasteiger partial charge in [0.15, 0.2) is 17.2 Å². The van der Waals surface area contributed by atoms with Crippen molar-refractivity contribution in [1.82, 2.24) is 15.2 Å². The number of halogens is 3. The molecule has 24 heavy (non-hydrogen) atoms. The van der Waals surface area contributed by atoms with Gasteiger partial charge in [-0.1, -0.05) is 0 Å². The van der Waals surface area contributed by atoms with Crippen LogP contribution in [0, 0.1) is 0 Å². The molecule has 1 aliphatic heterocycles. The summed E-state index contributed by atoms with van der Waals surface area (Å²) >= 11 is 0. The Morgan fingerprint density at radius 1 is 1.33 bits per heavy atom. The van der Waals surface area contributed by atoms with Gasteiger partial charge in [-0.2, -0.15) is 23.4 Å². The molecular formula is C14H11F3N4O3. The Morgan fingerprint density at radius 3 is 2.88 bits per heavy atom. The molecule has 1 aromatic heterocycles. The van der Waals surface area contributed by atoms with Crippen LogP contribution in [0.25, 0.3) is 0 Å². The van der Waals surface area contributed by atoms with Crippen LogP contribution in [-0.4, -0.2) is 28.7 Å². The van der Waals surface area contributed by atoms with Crippen LogP contribution in [0.4, 0.5) is 13.2 Å². The fourth-order valence-corrected chi connectivity index (χ4v) is 1.96. The number of benzene rings is 1. The van der Waals surface area contributed by atoms with Crippen LogP contribution in [0.1, 0.15) is 11.3 Å². The van der Waals surface area contributed by atoms with Crippen molar-refractivity contribution in [3.63, 3.8) is 0 Å². The molecular weight excluding hydrogens is 329 g/mol. The minimum atomic E-state index is -4.54. The molecule has 0 fully saturated rings. The van der Waals surface area contributed by atoms with Gasteiger partial charge in [0, 0.05) is 6.20 Å². The van der Waals surface area contributed by atoms with E-state index in [1.54, 1.807) is 18.2 Å². The Bertz CT molecular complexity index is 786. The van der Waals surface area contributed by atoms with Crippen molar-refractivity contribution >= 4 is 12.1 Å². The van der Waals surface area contributed by atoms with E-state index < -0.39 is 17.8 Å². The molecule has 0 atom stereocenters. The molecule has 7 nitrogen and oxygen atoms in total. The summed E-state index contributed by atoms with van der Waals surface area (Å²) in [6, 6.07) is 5.89. The summed E-state index contributed by atoms with van der Waals surface area (Å²) in [5, 5.41) is 7.01. The number of carbonyl (C=O) groups excluding carboxylic acids is 1. The fourth-order valence-electron chi connectivity index (χ4n) is 1.96. The molecule has 0 aliphatic carbocycles. The number of fused-ring (bicyclic) bond motifs is 1. The Kier molecular flexibility index (Phi) is 4.11. The standard InChI is InChI=1S/C14H11F3N4O3/c15-14(16,17)12-3-4-21(20-12)7-13(22)19-18-6-9-1-2-10-11(5-9)24-8-23-10/h1-6H,7-8H2,(H,19,22)/b18-6-. The number of nitrogens with one attached hydrogen (secondary N) is 1. The van der Waals surface area contributed by atoms with Crippen molar-refractivity contribution < 1.29 is 27.4 Å². The van der Waals surface area contributed by atoms with Gasteiger partial charge in [-0.15, -0.1) is 0 Å². The third kappa shape index (κ3) is 3.65. The van der Waals surface area contributed by atoms with Crippen molar-refractivity contribution in [3.05, 3.63) is 41.7 Å². The summed E-state index contributed by atoms with van der Waals surface area (Å²) in [5.74, 6) is 0.584. The first kappa shape index (κ1) is 15.8. The molecule has 126 valence electrons. The second-order valence-corrected chi connectivity index (χ2v) is 4.80. The number of aromatic nitrogens is 2. The molecule has 0 unspecified atom stereocenters. The molecule has 0 saturated carbocycles. The van der Waals surface area contributed by atoms with Crippen LogP contribution in [0.5, 0.6) is 11.5 Å². The molecule has 0 saturated heterocycles.